The van der Waals surface area contributed by atoms with Crippen LogP contribution < -0.4 is 0 Å². The van der Waals surface area contributed by atoms with Gasteiger partial charge in [0.2, 0.25) is 0 Å². The van der Waals surface area contributed by atoms with Gasteiger partial charge >= 0.3 is 0 Å². The smallest absolute Gasteiger partial charge is 0.132 e. The lowest BCUT2D eigenvalue weighted by Gasteiger charge is -2.00. The Bertz CT molecular complexity index is 425. The summed E-state index contributed by atoms with van der Waals surface area (Å²) in [6.07, 6.45) is 10.0. The van der Waals surface area contributed by atoms with E-state index in [1.165, 1.54) is 5.56 Å². The van der Waals surface area contributed by atoms with Gasteiger partial charge in [0.15, 0.2) is 0 Å². The zero-order valence-corrected chi connectivity index (χ0v) is 8.38. The standard InChI is InChI=1S/C13H12N2/c1-3-7-12(8-4-1)11-13-14-9-5-2-6-10-15-13/h1-10H,11H2. The maximum atomic E-state index is 4.27. The van der Waals surface area contributed by atoms with Crippen molar-refractivity contribution in [3.63, 3.8) is 0 Å². The van der Waals surface area contributed by atoms with E-state index in [1.54, 1.807) is 12.4 Å². The summed E-state index contributed by atoms with van der Waals surface area (Å²) >= 11 is 0. The minimum absolute atomic E-state index is 0.773. The molecule has 1 heterocycles. The number of hydrogen-bond donors (Lipinski definition) is 0. The van der Waals surface area contributed by atoms with Crippen molar-refractivity contribution in [1.82, 2.24) is 0 Å². The lowest BCUT2D eigenvalue weighted by molar-refractivity contribution is 1.27. The van der Waals surface area contributed by atoms with E-state index in [-0.39, 0.29) is 0 Å². The van der Waals surface area contributed by atoms with Gasteiger partial charge in [-0.3, -0.25) is 0 Å². The molecule has 0 spiro atoms. The van der Waals surface area contributed by atoms with Gasteiger partial charge in [0.25, 0.3) is 0 Å². The third-order valence-electron chi connectivity index (χ3n) is 2.05. The van der Waals surface area contributed by atoms with Gasteiger partial charge in [0.05, 0.1) is 0 Å². The van der Waals surface area contributed by atoms with Gasteiger partial charge in [-0.05, 0) is 17.7 Å². The van der Waals surface area contributed by atoms with Crippen molar-refractivity contribution >= 4 is 12.1 Å². The number of benzene rings is 1. The van der Waals surface area contributed by atoms with Crippen LogP contribution in [0.15, 0.2) is 64.7 Å². The molecule has 2 heteroatoms. The number of amidine groups is 1. The van der Waals surface area contributed by atoms with Gasteiger partial charge in [-0.2, -0.15) is 0 Å². The Morgan fingerprint density at radius 1 is 0.933 bits per heavy atom. The highest BCUT2D eigenvalue weighted by Crippen LogP contribution is 2.02. The second-order valence-corrected chi connectivity index (χ2v) is 3.21. The first kappa shape index (κ1) is 9.59. The average Bonchev–Trinajstić information content (AvgIpc) is 2.23. The molecule has 1 aliphatic rings. The zero-order chi connectivity index (χ0) is 10.3. The molecule has 0 unspecified atom stereocenters. The SMILES string of the molecule is C1=CC=NC(Cc2ccccc2)=NC=C1. The molecule has 0 saturated carbocycles. The van der Waals surface area contributed by atoms with Crippen molar-refractivity contribution in [1.29, 1.82) is 0 Å². The maximum Gasteiger partial charge on any atom is 0.132 e. The van der Waals surface area contributed by atoms with Gasteiger partial charge in [-0.1, -0.05) is 36.4 Å². The van der Waals surface area contributed by atoms with Gasteiger partial charge in [-0.15, -0.1) is 0 Å². The highest BCUT2D eigenvalue weighted by Gasteiger charge is 1.97. The molecule has 0 N–H and O–H groups in total. The molecule has 1 aliphatic heterocycles. The summed E-state index contributed by atoms with van der Waals surface area (Å²) in [4.78, 5) is 8.53. The number of nitrogens with zero attached hydrogens (tertiary/aromatic N) is 2. The lowest BCUT2D eigenvalue weighted by Crippen LogP contribution is -1.99. The number of allylic oxidation sites excluding steroid dienone is 3. The van der Waals surface area contributed by atoms with Crippen LogP contribution in [-0.4, -0.2) is 12.1 Å². The number of aliphatic imine (C=N–C) groups is 2. The number of hydrogen-bond acceptors (Lipinski definition) is 2. The average molecular weight is 196 g/mol. The van der Waals surface area contributed by atoms with E-state index < -0.39 is 0 Å². The highest BCUT2D eigenvalue weighted by atomic mass is 14.9. The summed E-state index contributed by atoms with van der Waals surface area (Å²) in [7, 11) is 0. The number of rotatable bonds is 2. The van der Waals surface area contributed by atoms with Crippen molar-refractivity contribution in [2.75, 3.05) is 0 Å². The molecule has 2 rings (SSSR count). The minimum atomic E-state index is 0.773. The quantitative estimate of drug-likeness (QED) is 0.695. The molecule has 1 aromatic rings. The maximum absolute atomic E-state index is 4.27. The van der Waals surface area contributed by atoms with E-state index in [9.17, 15) is 0 Å². The topological polar surface area (TPSA) is 24.7 Å². The third-order valence-corrected chi connectivity index (χ3v) is 2.05. The summed E-state index contributed by atoms with van der Waals surface area (Å²) in [6.45, 7) is 0. The summed E-state index contributed by atoms with van der Waals surface area (Å²) in [5.41, 5.74) is 1.23. The fourth-order valence-corrected chi connectivity index (χ4v) is 1.32. The molecule has 0 aromatic heterocycles. The summed E-state index contributed by atoms with van der Waals surface area (Å²) in [6, 6.07) is 10.2. The van der Waals surface area contributed by atoms with Crippen molar-refractivity contribution in [2.24, 2.45) is 9.98 Å². The monoisotopic (exact) mass is 196 g/mol. The lowest BCUT2D eigenvalue weighted by atomic mass is 10.1. The van der Waals surface area contributed by atoms with E-state index in [2.05, 4.69) is 22.1 Å². The summed E-state index contributed by atoms with van der Waals surface area (Å²) in [5, 5.41) is 0. The summed E-state index contributed by atoms with van der Waals surface area (Å²) in [5.74, 6) is 0.835. The second kappa shape index (κ2) is 5.05. The zero-order valence-electron chi connectivity index (χ0n) is 8.38. The molecule has 0 amide bonds. The predicted molar refractivity (Wildman–Crippen MR) is 64.4 cm³/mol. The van der Waals surface area contributed by atoms with Crippen LogP contribution in [0.1, 0.15) is 5.56 Å². The Kier molecular flexibility index (Phi) is 3.23. The van der Waals surface area contributed by atoms with E-state index in [0.717, 1.165) is 12.3 Å². The van der Waals surface area contributed by atoms with Gasteiger partial charge in [0, 0.05) is 18.8 Å². The Hall–Kier alpha value is -1.96. The van der Waals surface area contributed by atoms with Gasteiger partial charge < -0.3 is 0 Å². The molecular weight excluding hydrogens is 184 g/mol. The van der Waals surface area contributed by atoms with Crippen molar-refractivity contribution < 1.29 is 0 Å². The first-order valence-corrected chi connectivity index (χ1v) is 4.91. The molecular formula is C13H12N2. The molecule has 0 aliphatic carbocycles. The Balaban J connectivity index is 2.12. The fraction of sp³-hybridized carbons (Fsp3) is 0.0769. The molecule has 2 nitrogen and oxygen atoms in total. The van der Waals surface area contributed by atoms with Crippen LogP contribution in [0, 0.1) is 0 Å². The molecule has 0 radical (unpaired) electrons. The molecule has 0 bridgehead atoms. The van der Waals surface area contributed by atoms with Crippen molar-refractivity contribution in [3.05, 3.63) is 60.3 Å². The van der Waals surface area contributed by atoms with E-state index >= 15 is 0 Å². The Morgan fingerprint density at radius 3 is 2.67 bits per heavy atom. The normalized spacial score (nSPS) is 14.5. The van der Waals surface area contributed by atoms with Crippen LogP contribution in [-0.2, 0) is 6.42 Å². The van der Waals surface area contributed by atoms with Crippen LogP contribution in [0.2, 0.25) is 0 Å². The van der Waals surface area contributed by atoms with Gasteiger partial charge in [-0.25, -0.2) is 9.98 Å². The van der Waals surface area contributed by atoms with Crippen molar-refractivity contribution in [2.45, 2.75) is 6.42 Å². The van der Waals surface area contributed by atoms with Crippen LogP contribution in [0.5, 0.6) is 0 Å². The molecule has 0 atom stereocenters. The van der Waals surface area contributed by atoms with Crippen molar-refractivity contribution in [3.8, 4) is 0 Å². The van der Waals surface area contributed by atoms with Crippen LogP contribution in [0.25, 0.3) is 0 Å². The second-order valence-electron chi connectivity index (χ2n) is 3.21. The molecule has 74 valence electrons. The molecule has 15 heavy (non-hydrogen) atoms. The van der Waals surface area contributed by atoms with Crippen LogP contribution in [0.4, 0.5) is 0 Å². The van der Waals surface area contributed by atoms with Gasteiger partial charge in [0.1, 0.15) is 5.84 Å². The molecule has 0 saturated heterocycles. The first-order chi connectivity index (χ1) is 7.45. The fourth-order valence-electron chi connectivity index (χ4n) is 1.32. The Labute approximate surface area is 89.4 Å². The van der Waals surface area contributed by atoms with E-state index in [1.807, 2.05) is 36.4 Å². The third kappa shape index (κ3) is 3.02. The molecule has 0 fully saturated rings. The first-order valence-electron chi connectivity index (χ1n) is 4.91. The van der Waals surface area contributed by atoms with E-state index in [4.69, 9.17) is 0 Å². The minimum Gasteiger partial charge on any atom is -0.241 e. The van der Waals surface area contributed by atoms with Crippen LogP contribution >= 0.6 is 0 Å². The summed E-state index contributed by atoms with van der Waals surface area (Å²) < 4.78 is 0. The highest BCUT2D eigenvalue weighted by molar-refractivity contribution is 5.94. The van der Waals surface area contributed by atoms with E-state index in [0.29, 0.717) is 0 Å². The predicted octanol–water partition coefficient (Wildman–Crippen LogP) is 2.78. The largest absolute Gasteiger partial charge is 0.241 e. The Morgan fingerprint density at radius 2 is 1.80 bits per heavy atom. The molecule has 1 aromatic carbocycles. The van der Waals surface area contributed by atoms with Crippen LogP contribution in [0.3, 0.4) is 0 Å².